The van der Waals surface area contributed by atoms with Crippen LogP contribution in [0.5, 0.6) is 0 Å². The van der Waals surface area contributed by atoms with E-state index in [1.165, 1.54) is 19.3 Å². The molecule has 0 aromatic rings. The van der Waals surface area contributed by atoms with Crippen LogP contribution in [0.1, 0.15) is 51.9 Å². The summed E-state index contributed by atoms with van der Waals surface area (Å²) in [7, 11) is 0. The molecule has 6 unspecified atom stereocenters. The predicted molar refractivity (Wildman–Crippen MR) is 101 cm³/mol. The van der Waals surface area contributed by atoms with Crippen LogP contribution in [-0.4, -0.2) is 67.8 Å². The van der Waals surface area contributed by atoms with Gasteiger partial charge in [-0.25, -0.2) is 0 Å². The Bertz CT molecular complexity index is 647. The maximum absolute atomic E-state index is 12.8. The maximum Gasteiger partial charge on any atom is 0.310 e. The molecule has 0 amide bonds. The molecule has 0 radical (unpaired) electrons. The van der Waals surface area contributed by atoms with Crippen LogP contribution in [0, 0.1) is 23.2 Å². The van der Waals surface area contributed by atoms with Gasteiger partial charge in [0.1, 0.15) is 6.10 Å². The van der Waals surface area contributed by atoms with E-state index in [1.807, 2.05) is 0 Å². The number of ether oxygens (including phenoxy) is 4. The minimum absolute atomic E-state index is 0.0201. The summed E-state index contributed by atoms with van der Waals surface area (Å²) < 4.78 is 23.7. The Morgan fingerprint density at radius 2 is 1.82 bits per heavy atom. The molecule has 6 aliphatic rings. The maximum atomic E-state index is 12.8. The molecule has 4 aliphatic heterocycles. The van der Waals surface area contributed by atoms with Crippen LogP contribution in [0.15, 0.2) is 0 Å². The number of fused-ring (bicyclic) bond motifs is 3. The molecule has 2 aliphatic carbocycles. The monoisotopic (exact) mass is 391 g/mol. The number of nitrogens with zero attached hydrogens (tertiary/aromatic N) is 1. The van der Waals surface area contributed by atoms with E-state index >= 15 is 0 Å². The third-order valence-electron chi connectivity index (χ3n) is 8.97. The third kappa shape index (κ3) is 2.71. The number of hydrogen-bond acceptors (Lipinski definition) is 6. The quantitative estimate of drug-likeness (QED) is 0.532. The fourth-order valence-corrected chi connectivity index (χ4v) is 7.31. The molecule has 4 saturated heterocycles. The van der Waals surface area contributed by atoms with Gasteiger partial charge < -0.3 is 23.8 Å². The van der Waals surface area contributed by atoms with Crippen molar-refractivity contribution >= 4 is 5.97 Å². The average molecular weight is 392 g/mol. The van der Waals surface area contributed by atoms with E-state index in [0.29, 0.717) is 25.0 Å². The van der Waals surface area contributed by atoms with Crippen molar-refractivity contribution in [1.29, 1.82) is 0 Å². The topological polar surface area (TPSA) is 60.5 Å². The number of hydrogen-bond donors (Lipinski definition) is 0. The molecule has 0 aromatic carbocycles. The van der Waals surface area contributed by atoms with Crippen molar-refractivity contribution in [3.63, 3.8) is 0 Å². The molecule has 0 bridgehead atoms. The van der Waals surface area contributed by atoms with Crippen LogP contribution in [0.3, 0.4) is 0 Å². The predicted octanol–water partition coefficient (Wildman–Crippen LogP) is 2.35. The molecule has 156 valence electrons. The Balaban J connectivity index is 1.15. The summed E-state index contributed by atoms with van der Waals surface area (Å²) in [6.07, 6.45) is 7.76. The van der Waals surface area contributed by atoms with Crippen LogP contribution in [0.4, 0.5) is 0 Å². The van der Waals surface area contributed by atoms with Crippen molar-refractivity contribution in [2.24, 2.45) is 23.2 Å². The van der Waals surface area contributed by atoms with Crippen molar-refractivity contribution < 1.29 is 23.7 Å². The van der Waals surface area contributed by atoms with E-state index in [2.05, 4.69) is 11.8 Å². The summed E-state index contributed by atoms with van der Waals surface area (Å²) >= 11 is 0. The molecule has 4 heterocycles. The Morgan fingerprint density at radius 3 is 2.54 bits per heavy atom. The molecule has 0 N–H and O–H groups in total. The number of likely N-dealkylation sites (tertiary alicyclic amines) is 1. The van der Waals surface area contributed by atoms with E-state index in [0.717, 1.165) is 51.9 Å². The highest BCUT2D eigenvalue weighted by Crippen LogP contribution is 2.62. The van der Waals surface area contributed by atoms with Gasteiger partial charge in [0.25, 0.3) is 0 Å². The summed E-state index contributed by atoms with van der Waals surface area (Å²) in [6.45, 7) is 7.48. The highest BCUT2D eigenvalue weighted by atomic mass is 16.7. The van der Waals surface area contributed by atoms with Crippen LogP contribution < -0.4 is 0 Å². The van der Waals surface area contributed by atoms with Crippen molar-refractivity contribution in [3.8, 4) is 0 Å². The zero-order chi connectivity index (χ0) is 19.0. The summed E-state index contributed by atoms with van der Waals surface area (Å²) in [6, 6.07) is 0. The van der Waals surface area contributed by atoms with Gasteiger partial charge >= 0.3 is 5.97 Å². The van der Waals surface area contributed by atoms with Crippen molar-refractivity contribution in [2.45, 2.75) is 69.4 Å². The van der Waals surface area contributed by atoms with E-state index < -0.39 is 0 Å². The van der Waals surface area contributed by atoms with Gasteiger partial charge in [-0.1, -0.05) is 6.92 Å². The van der Waals surface area contributed by atoms with E-state index in [9.17, 15) is 4.79 Å². The van der Waals surface area contributed by atoms with Crippen LogP contribution in [0.25, 0.3) is 0 Å². The van der Waals surface area contributed by atoms with Gasteiger partial charge in [-0.15, -0.1) is 0 Å². The first kappa shape index (κ1) is 18.1. The van der Waals surface area contributed by atoms with Crippen LogP contribution >= 0.6 is 0 Å². The number of esters is 1. The molecule has 6 heteroatoms. The largest absolute Gasteiger partial charge is 0.462 e. The molecule has 6 fully saturated rings. The first-order chi connectivity index (χ1) is 13.5. The van der Waals surface area contributed by atoms with Crippen LogP contribution in [-0.2, 0) is 23.7 Å². The second-order valence-electron chi connectivity index (χ2n) is 10.5. The highest BCUT2D eigenvalue weighted by molar-refractivity contribution is 5.75. The lowest BCUT2D eigenvalue weighted by atomic mass is 9.53. The molecule has 28 heavy (non-hydrogen) atoms. The van der Waals surface area contributed by atoms with Crippen molar-refractivity contribution in [2.75, 3.05) is 39.5 Å². The Kier molecular flexibility index (Phi) is 3.98. The fourth-order valence-electron chi connectivity index (χ4n) is 7.31. The van der Waals surface area contributed by atoms with Crippen molar-refractivity contribution in [1.82, 2.24) is 4.90 Å². The molecule has 6 rings (SSSR count). The minimum atomic E-state index is -0.348. The van der Waals surface area contributed by atoms with E-state index in [-0.39, 0.29) is 34.8 Å². The number of rotatable bonds is 2. The van der Waals surface area contributed by atoms with Gasteiger partial charge in [0, 0.05) is 38.4 Å². The first-order valence-corrected chi connectivity index (χ1v) is 11.4. The van der Waals surface area contributed by atoms with Gasteiger partial charge in [-0.2, -0.15) is 0 Å². The average Bonchev–Trinajstić information content (AvgIpc) is 3.18. The number of piperidine rings is 1. The molecule has 2 saturated carbocycles. The zero-order valence-electron chi connectivity index (χ0n) is 17.0. The second kappa shape index (κ2) is 6.16. The molecule has 0 aromatic heterocycles. The Labute approximate surface area is 167 Å². The number of carbonyl (C=O) groups is 1. The van der Waals surface area contributed by atoms with Crippen LogP contribution in [0.2, 0.25) is 0 Å². The van der Waals surface area contributed by atoms with Gasteiger partial charge in [0.05, 0.1) is 31.3 Å². The zero-order valence-corrected chi connectivity index (χ0v) is 17.0. The molecule has 6 atom stereocenters. The van der Waals surface area contributed by atoms with Gasteiger partial charge in [-0.05, 0) is 43.4 Å². The molecule has 6 nitrogen and oxygen atoms in total. The number of carbonyl (C=O) groups excluding carboxylic acids is 1. The second-order valence-corrected chi connectivity index (χ2v) is 10.5. The molecular weight excluding hydrogens is 358 g/mol. The third-order valence-corrected chi connectivity index (χ3v) is 8.97. The SMILES string of the molecule is CC12CCCC3(CO3)C1CC1C(C2)OC(=O)C1CN1CCC2(CC1)OCCO2. The Hall–Kier alpha value is -0.690. The summed E-state index contributed by atoms with van der Waals surface area (Å²) in [4.78, 5) is 15.3. The summed E-state index contributed by atoms with van der Waals surface area (Å²) in [5.41, 5.74) is 0.405. The highest BCUT2D eigenvalue weighted by Gasteiger charge is 2.65. The summed E-state index contributed by atoms with van der Waals surface area (Å²) in [5, 5.41) is 0. The Morgan fingerprint density at radius 1 is 1.07 bits per heavy atom. The lowest BCUT2D eigenvalue weighted by Gasteiger charge is -2.51. The van der Waals surface area contributed by atoms with E-state index in [4.69, 9.17) is 18.9 Å². The normalized spacial score (nSPS) is 49.8. The fraction of sp³-hybridized carbons (Fsp3) is 0.955. The van der Waals surface area contributed by atoms with Gasteiger partial charge in [-0.3, -0.25) is 4.79 Å². The lowest BCUT2D eigenvalue weighted by Crippen LogP contribution is -2.52. The minimum Gasteiger partial charge on any atom is -0.462 e. The van der Waals surface area contributed by atoms with E-state index in [1.54, 1.807) is 0 Å². The molecular formula is C22H33NO5. The van der Waals surface area contributed by atoms with Gasteiger partial charge in [0.15, 0.2) is 5.79 Å². The van der Waals surface area contributed by atoms with Gasteiger partial charge in [0.2, 0.25) is 0 Å². The lowest BCUT2D eigenvalue weighted by molar-refractivity contribution is -0.186. The van der Waals surface area contributed by atoms with Crippen molar-refractivity contribution in [3.05, 3.63) is 0 Å². The first-order valence-electron chi connectivity index (χ1n) is 11.4. The standard InChI is InChI=1S/C22H33NO5/c1-20-3-2-4-21(14-27-21)18(20)11-15-16(19(24)28-17(15)12-20)13-23-7-5-22(6-8-23)25-9-10-26-22/h15-18H,2-14H2,1H3. The molecule has 2 spiro atoms. The number of epoxide rings is 1. The summed E-state index contributed by atoms with van der Waals surface area (Å²) in [5.74, 6) is 0.666. The smallest absolute Gasteiger partial charge is 0.310 e.